The lowest BCUT2D eigenvalue weighted by Gasteiger charge is -2.17. The van der Waals surface area contributed by atoms with Gasteiger partial charge in [0.25, 0.3) is 0 Å². The van der Waals surface area contributed by atoms with Crippen LogP contribution < -0.4 is 5.32 Å². The van der Waals surface area contributed by atoms with E-state index in [1.54, 1.807) is 0 Å². The summed E-state index contributed by atoms with van der Waals surface area (Å²) in [6, 6.07) is 16.5. The maximum Gasteiger partial charge on any atom is 0.234 e. The summed E-state index contributed by atoms with van der Waals surface area (Å²) in [7, 11) is 0. The molecule has 3 aromatic rings. The van der Waals surface area contributed by atoms with E-state index in [0.29, 0.717) is 18.2 Å². The third kappa shape index (κ3) is 6.03. The van der Waals surface area contributed by atoms with E-state index in [1.807, 2.05) is 25.1 Å². The maximum atomic E-state index is 12.9. The minimum Gasteiger partial charge on any atom is -0.325 e. The number of likely N-dealkylation sites (tertiary alicyclic amines) is 1. The number of amides is 1. The highest BCUT2D eigenvalue weighted by molar-refractivity contribution is 7.99. The maximum absolute atomic E-state index is 12.9. The molecule has 0 saturated carbocycles. The Morgan fingerprint density at radius 2 is 1.79 bits per heavy atom. The lowest BCUT2D eigenvalue weighted by molar-refractivity contribution is -0.113. The average molecular weight is 464 g/mol. The lowest BCUT2D eigenvalue weighted by atomic mass is 9.98. The summed E-state index contributed by atoms with van der Waals surface area (Å²) in [5.74, 6) is 1.58. The molecular formula is C26H33N5OS. The predicted octanol–water partition coefficient (Wildman–Crippen LogP) is 5.08. The van der Waals surface area contributed by atoms with Crippen LogP contribution in [-0.4, -0.2) is 44.4 Å². The molecule has 0 aliphatic carbocycles. The molecule has 1 amide bonds. The zero-order chi connectivity index (χ0) is 23.2. The first-order valence-corrected chi connectivity index (χ1v) is 12.7. The van der Waals surface area contributed by atoms with Crippen molar-refractivity contribution in [3.05, 3.63) is 71.0 Å². The van der Waals surface area contributed by atoms with Gasteiger partial charge in [0.1, 0.15) is 5.82 Å². The molecular weight excluding hydrogens is 430 g/mol. The molecule has 0 atom stereocenters. The molecule has 1 aliphatic rings. The summed E-state index contributed by atoms with van der Waals surface area (Å²) in [5.41, 5.74) is 4.37. The Kier molecular flexibility index (Phi) is 7.83. The molecule has 0 spiro atoms. The molecule has 0 unspecified atom stereocenters. The first-order chi connectivity index (χ1) is 16.0. The van der Waals surface area contributed by atoms with Crippen LogP contribution in [0.1, 0.15) is 55.1 Å². The lowest BCUT2D eigenvalue weighted by Crippen LogP contribution is -2.22. The molecule has 0 radical (unpaired) electrons. The number of nitrogens with zero attached hydrogens (tertiary/aromatic N) is 4. The fourth-order valence-electron chi connectivity index (χ4n) is 4.26. The number of thioether (sulfide) groups is 1. The van der Waals surface area contributed by atoms with Crippen molar-refractivity contribution in [2.75, 3.05) is 24.2 Å². The van der Waals surface area contributed by atoms with Gasteiger partial charge < -0.3 is 9.88 Å². The van der Waals surface area contributed by atoms with Gasteiger partial charge in [0.05, 0.1) is 18.8 Å². The molecule has 6 nitrogen and oxygen atoms in total. The van der Waals surface area contributed by atoms with E-state index in [9.17, 15) is 4.79 Å². The van der Waals surface area contributed by atoms with Crippen molar-refractivity contribution in [3.63, 3.8) is 0 Å². The highest BCUT2D eigenvalue weighted by atomic mass is 32.2. The molecule has 0 bridgehead atoms. The SMILES string of the molecule is Cc1cccc(C(C)C)c1NC(=O)CSc1nnc(CN2CCCC2)n1Cc1ccccc1. The van der Waals surface area contributed by atoms with Gasteiger partial charge in [0.15, 0.2) is 5.16 Å². The Labute approximate surface area is 200 Å². The first kappa shape index (κ1) is 23.5. The number of carbonyl (C=O) groups excluding carboxylic acids is 1. The normalized spacial score (nSPS) is 14.2. The van der Waals surface area contributed by atoms with E-state index in [1.165, 1.54) is 30.2 Å². The fourth-order valence-corrected chi connectivity index (χ4v) is 5.01. The Morgan fingerprint density at radius 1 is 1.03 bits per heavy atom. The van der Waals surface area contributed by atoms with E-state index in [2.05, 4.69) is 69.2 Å². The second-order valence-corrected chi connectivity index (χ2v) is 9.93. The Balaban J connectivity index is 1.48. The molecule has 7 heteroatoms. The second-order valence-electron chi connectivity index (χ2n) is 8.98. The second kappa shape index (κ2) is 11.0. The number of carbonyl (C=O) groups is 1. The summed E-state index contributed by atoms with van der Waals surface area (Å²) in [5, 5.41) is 12.9. The molecule has 174 valence electrons. The molecule has 33 heavy (non-hydrogen) atoms. The third-order valence-electron chi connectivity index (χ3n) is 6.06. The van der Waals surface area contributed by atoms with Gasteiger partial charge in [-0.3, -0.25) is 9.69 Å². The van der Waals surface area contributed by atoms with E-state index in [-0.39, 0.29) is 5.91 Å². The molecule has 2 aromatic carbocycles. The van der Waals surface area contributed by atoms with Gasteiger partial charge in [-0.25, -0.2) is 0 Å². The quantitative estimate of drug-likeness (QED) is 0.448. The van der Waals surface area contributed by atoms with Gasteiger partial charge in [-0.1, -0.05) is 74.1 Å². The van der Waals surface area contributed by atoms with E-state index in [0.717, 1.165) is 47.4 Å². The van der Waals surface area contributed by atoms with Gasteiger partial charge in [0, 0.05) is 5.69 Å². The average Bonchev–Trinajstić information content (AvgIpc) is 3.45. The number of hydrogen-bond donors (Lipinski definition) is 1. The zero-order valence-electron chi connectivity index (χ0n) is 19.8. The van der Waals surface area contributed by atoms with Crippen LogP contribution in [0.3, 0.4) is 0 Å². The number of anilines is 1. The van der Waals surface area contributed by atoms with Crippen LogP contribution in [0.15, 0.2) is 53.7 Å². The van der Waals surface area contributed by atoms with Crippen LogP contribution in [0.2, 0.25) is 0 Å². The predicted molar refractivity (Wildman–Crippen MR) is 135 cm³/mol. The van der Waals surface area contributed by atoms with Gasteiger partial charge in [0.2, 0.25) is 5.91 Å². The van der Waals surface area contributed by atoms with E-state index in [4.69, 9.17) is 0 Å². The topological polar surface area (TPSA) is 63.1 Å². The van der Waals surface area contributed by atoms with Crippen molar-refractivity contribution >= 4 is 23.4 Å². The monoisotopic (exact) mass is 463 g/mol. The summed E-state index contributed by atoms with van der Waals surface area (Å²) >= 11 is 1.45. The number of rotatable bonds is 9. The highest BCUT2D eigenvalue weighted by Crippen LogP contribution is 2.28. The summed E-state index contributed by atoms with van der Waals surface area (Å²) in [6.07, 6.45) is 2.48. The van der Waals surface area contributed by atoms with Crippen molar-refractivity contribution < 1.29 is 4.79 Å². The van der Waals surface area contributed by atoms with Crippen molar-refractivity contribution in [1.82, 2.24) is 19.7 Å². The van der Waals surface area contributed by atoms with Crippen LogP contribution in [0.4, 0.5) is 5.69 Å². The molecule has 1 N–H and O–H groups in total. The number of aromatic nitrogens is 3. The molecule has 4 rings (SSSR count). The van der Waals surface area contributed by atoms with Crippen molar-refractivity contribution in [2.45, 2.75) is 57.8 Å². The Hall–Kier alpha value is -2.64. The van der Waals surface area contributed by atoms with Gasteiger partial charge in [-0.05, 0) is 55.5 Å². The van der Waals surface area contributed by atoms with Crippen molar-refractivity contribution in [2.24, 2.45) is 0 Å². The summed E-state index contributed by atoms with van der Waals surface area (Å²) in [6.45, 7) is 10.1. The number of benzene rings is 2. The first-order valence-electron chi connectivity index (χ1n) is 11.7. The number of hydrogen-bond acceptors (Lipinski definition) is 5. The fraction of sp³-hybridized carbons (Fsp3) is 0.423. The highest BCUT2D eigenvalue weighted by Gasteiger charge is 2.20. The van der Waals surface area contributed by atoms with Crippen LogP contribution in [0, 0.1) is 6.92 Å². The van der Waals surface area contributed by atoms with E-state index >= 15 is 0 Å². The number of aryl methyl sites for hydroxylation is 1. The summed E-state index contributed by atoms with van der Waals surface area (Å²) in [4.78, 5) is 15.3. The number of nitrogens with one attached hydrogen (secondary N) is 1. The van der Waals surface area contributed by atoms with Gasteiger partial charge in [-0.15, -0.1) is 10.2 Å². The molecule has 2 heterocycles. The minimum absolute atomic E-state index is 0.0217. The Bertz CT molecular complexity index is 1070. The van der Waals surface area contributed by atoms with Crippen LogP contribution >= 0.6 is 11.8 Å². The van der Waals surface area contributed by atoms with Gasteiger partial charge in [-0.2, -0.15) is 0 Å². The van der Waals surface area contributed by atoms with E-state index < -0.39 is 0 Å². The molecule has 1 saturated heterocycles. The van der Waals surface area contributed by atoms with Crippen molar-refractivity contribution in [1.29, 1.82) is 0 Å². The van der Waals surface area contributed by atoms with Crippen LogP contribution in [0.25, 0.3) is 0 Å². The standard InChI is InChI=1S/C26H33N5OS/c1-19(2)22-13-9-10-20(3)25(22)27-24(32)18-33-26-29-28-23(17-30-14-7-8-15-30)31(26)16-21-11-5-4-6-12-21/h4-6,9-13,19H,7-8,14-18H2,1-3H3,(H,27,32). The van der Waals surface area contributed by atoms with Gasteiger partial charge >= 0.3 is 0 Å². The molecule has 1 aromatic heterocycles. The zero-order valence-corrected chi connectivity index (χ0v) is 20.6. The molecule has 1 fully saturated rings. The largest absolute Gasteiger partial charge is 0.325 e. The summed E-state index contributed by atoms with van der Waals surface area (Å²) < 4.78 is 2.17. The Morgan fingerprint density at radius 3 is 2.52 bits per heavy atom. The smallest absolute Gasteiger partial charge is 0.234 e. The van der Waals surface area contributed by atoms with Crippen LogP contribution in [-0.2, 0) is 17.9 Å². The van der Waals surface area contributed by atoms with Crippen molar-refractivity contribution in [3.8, 4) is 0 Å². The third-order valence-corrected chi connectivity index (χ3v) is 7.03. The number of para-hydroxylation sites is 1. The van der Waals surface area contributed by atoms with Crippen LogP contribution in [0.5, 0.6) is 0 Å². The molecule has 1 aliphatic heterocycles. The minimum atomic E-state index is -0.0217.